The summed E-state index contributed by atoms with van der Waals surface area (Å²) in [4.78, 5) is 23.5. The van der Waals surface area contributed by atoms with Crippen LogP contribution < -0.4 is 10.1 Å². The molecule has 0 aliphatic heterocycles. The van der Waals surface area contributed by atoms with Gasteiger partial charge in [0.25, 0.3) is 5.91 Å². The van der Waals surface area contributed by atoms with Crippen molar-refractivity contribution in [2.24, 2.45) is 17.8 Å². The number of benzene rings is 1. The molecular weight excluding hydrogens is 306 g/mol. The molecule has 132 valence electrons. The van der Waals surface area contributed by atoms with Gasteiger partial charge in [0.2, 0.25) is 0 Å². The zero-order valence-corrected chi connectivity index (χ0v) is 14.5. The molecule has 0 aromatic heterocycles. The van der Waals surface area contributed by atoms with Gasteiger partial charge in [0.15, 0.2) is 0 Å². The summed E-state index contributed by atoms with van der Waals surface area (Å²) >= 11 is 0. The molecule has 0 spiro atoms. The minimum Gasteiger partial charge on any atom is -0.493 e. The van der Waals surface area contributed by atoms with E-state index in [1.807, 2.05) is 0 Å². The van der Waals surface area contributed by atoms with Crippen molar-refractivity contribution in [3.63, 3.8) is 0 Å². The van der Waals surface area contributed by atoms with Crippen molar-refractivity contribution in [3.05, 3.63) is 29.8 Å². The van der Waals surface area contributed by atoms with Crippen LogP contribution in [-0.2, 0) is 4.79 Å². The fourth-order valence-electron chi connectivity index (χ4n) is 3.07. The molecule has 0 unspecified atom stereocenters. The van der Waals surface area contributed by atoms with Gasteiger partial charge < -0.3 is 15.2 Å². The van der Waals surface area contributed by atoms with E-state index in [0.29, 0.717) is 31.1 Å². The van der Waals surface area contributed by atoms with Gasteiger partial charge in [-0.05, 0) is 48.9 Å². The molecule has 1 aromatic carbocycles. The molecule has 1 fully saturated rings. The van der Waals surface area contributed by atoms with Gasteiger partial charge in [-0.3, -0.25) is 9.59 Å². The van der Waals surface area contributed by atoms with E-state index in [1.165, 1.54) is 0 Å². The third kappa shape index (κ3) is 5.25. The second-order valence-corrected chi connectivity index (χ2v) is 6.93. The molecule has 0 radical (unpaired) electrons. The number of aliphatic carboxylic acids is 1. The standard InChI is InChI=1S/C19H27NO4/c1-13(2)12-24-16-9-7-14(8-10-16)18(21)20-11-15-5-3-4-6-17(15)19(22)23/h7-10,13,15,17H,3-6,11-12H2,1-2H3,(H,20,21)(H,22,23)/t15-,17-/m0/s1. The predicted octanol–water partition coefficient (Wildman–Crippen LogP) is 3.34. The molecule has 1 aliphatic carbocycles. The summed E-state index contributed by atoms with van der Waals surface area (Å²) in [7, 11) is 0. The Morgan fingerprint density at radius 2 is 1.88 bits per heavy atom. The third-order valence-corrected chi connectivity index (χ3v) is 4.45. The average Bonchev–Trinajstić information content (AvgIpc) is 2.58. The molecule has 5 heteroatoms. The second kappa shape index (κ2) is 8.71. The first-order valence-corrected chi connectivity index (χ1v) is 8.71. The summed E-state index contributed by atoms with van der Waals surface area (Å²) in [6.45, 7) is 5.22. The van der Waals surface area contributed by atoms with Crippen LogP contribution in [0.4, 0.5) is 0 Å². The summed E-state index contributed by atoms with van der Waals surface area (Å²) in [5.41, 5.74) is 0.564. The maximum Gasteiger partial charge on any atom is 0.306 e. The number of nitrogens with one attached hydrogen (secondary N) is 1. The highest BCUT2D eigenvalue weighted by atomic mass is 16.5. The maximum atomic E-state index is 12.2. The highest BCUT2D eigenvalue weighted by molar-refractivity contribution is 5.94. The molecule has 5 nitrogen and oxygen atoms in total. The first-order chi connectivity index (χ1) is 11.5. The Labute approximate surface area is 143 Å². The zero-order valence-electron chi connectivity index (χ0n) is 14.5. The summed E-state index contributed by atoms with van der Waals surface area (Å²) in [5.74, 6) is -0.0374. The summed E-state index contributed by atoms with van der Waals surface area (Å²) in [5, 5.41) is 12.2. The fourth-order valence-corrected chi connectivity index (χ4v) is 3.07. The van der Waals surface area contributed by atoms with Gasteiger partial charge in [0.1, 0.15) is 5.75 Å². The van der Waals surface area contributed by atoms with Crippen LogP contribution in [0.2, 0.25) is 0 Å². The smallest absolute Gasteiger partial charge is 0.306 e. The van der Waals surface area contributed by atoms with Gasteiger partial charge in [-0.1, -0.05) is 26.7 Å². The van der Waals surface area contributed by atoms with Crippen molar-refractivity contribution < 1.29 is 19.4 Å². The molecule has 0 bridgehead atoms. The lowest BCUT2D eigenvalue weighted by Crippen LogP contribution is -2.37. The number of carboxylic acids is 1. The van der Waals surface area contributed by atoms with Gasteiger partial charge >= 0.3 is 5.97 Å². The first kappa shape index (κ1) is 18.3. The minimum absolute atomic E-state index is 0.0221. The van der Waals surface area contributed by atoms with E-state index >= 15 is 0 Å². The van der Waals surface area contributed by atoms with Crippen molar-refractivity contribution in [1.82, 2.24) is 5.32 Å². The first-order valence-electron chi connectivity index (χ1n) is 8.71. The number of amides is 1. The largest absolute Gasteiger partial charge is 0.493 e. The number of ether oxygens (including phenoxy) is 1. The Bertz CT molecular complexity index is 553. The van der Waals surface area contributed by atoms with Gasteiger partial charge in [-0.15, -0.1) is 0 Å². The molecule has 24 heavy (non-hydrogen) atoms. The van der Waals surface area contributed by atoms with Crippen molar-refractivity contribution >= 4 is 11.9 Å². The number of hydrogen-bond acceptors (Lipinski definition) is 3. The van der Waals surface area contributed by atoms with E-state index in [2.05, 4.69) is 19.2 Å². The zero-order chi connectivity index (χ0) is 17.5. The Kier molecular flexibility index (Phi) is 6.64. The molecule has 0 heterocycles. The quantitative estimate of drug-likeness (QED) is 0.802. The molecule has 2 N–H and O–H groups in total. The van der Waals surface area contributed by atoms with Crippen LogP contribution in [0.25, 0.3) is 0 Å². The summed E-state index contributed by atoms with van der Waals surface area (Å²) in [6, 6.07) is 7.05. The number of carbonyl (C=O) groups excluding carboxylic acids is 1. The molecule has 1 aromatic rings. The molecule has 2 rings (SSSR count). The number of rotatable bonds is 7. The Morgan fingerprint density at radius 1 is 1.21 bits per heavy atom. The normalized spacial score (nSPS) is 20.6. The van der Waals surface area contributed by atoms with Crippen LogP contribution >= 0.6 is 0 Å². The molecule has 1 saturated carbocycles. The fraction of sp³-hybridized carbons (Fsp3) is 0.579. The van der Waals surface area contributed by atoms with Crippen LogP contribution in [0.15, 0.2) is 24.3 Å². The van der Waals surface area contributed by atoms with E-state index in [-0.39, 0.29) is 17.7 Å². The van der Waals surface area contributed by atoms with Gasteiger partial charge in [0.05, 0.1) is 12.5 Å². The number of carboxylic acid groups (broad SMARTS) is 1. The van der Waals surface area contributed by atoms with Crippen molar-refractivity contribution in [1.29, 1.82) is 0 Å². The van der Waals surface area contributed by atoms with Crippen LogP contribution in [0.3, 0.4) is 0 Å². The van der Waals surface area contributed by atoms with Gasteiger partial charge in [0, 0.05) is 12.1 Å². The lowest BCUT2D eigenvalue weighted by Gasteiger charge is -2.28. The van der Waals surface area contributed by atoms with Gasteiger partial charge in [-0.2, -0.15) is 0 Å². The van der Waals surface area contributed by atoms with E-state index in [9.17, 15) is 14.7 Å². The van der Waals surface area contributed by atoms with Crippen molar-refractivity contribution in [2.45, 2.75) is 39.5 Å². The average molecular weight is 333 g/mol. The van der Waals surface area contributed by atoms with E-state index < -0.39 is 5.97 Å². The van der Waals surface area contributed by atoms with E-state index in [0.717, 1.165) is 25.0 Å². The van der Waals surface area contributed by atoms with Crippen LogP contribution in [0.5, 0.6) is 5.75 Å². The van der Waals surface area contributed by atoms with E-state index in [1.54, 1.807) is 24.3 Å². The second-order valence-electron chi connectivity index (χ2n) is 6.93. The van der Waals surface area contributed by atoms with Crippen molar-refractivity contribution in [3.8, 4) is 5.75 Å². The lowest BCUT2D eigenvalue weighted by molar-refractivity contribution is -0.144. The highest BCUT2D eigenvalue weighted by Crippen LogP contribution is 2.29. The predicted molar refractivity (Wildman–Crippen MR) is 92.2 cm³/mol. The molecule has 2 atom stereocenters. The van der Waals surface area contributed by atoms with Crippen molar-refractivity contribution in [2.75, 3.05) is 13.2 Å². The molecule has 0 saturated heterocycles. The van der Waals surface area contributed by atoms with Crippen LogP contribution in [0, 0.1) is 17.8 Å². The Hall–Kier alpha value is -2.04. The summed E-state index contributed by atoms with van der Waals surface area (Å²) in [6.07, 6.45) is 3.56. The highest BCUT2D eigenvalue weighted by Gasteiger charge is 2.30. The molecule has 1 aliphatic rings. The topological polar surface area (TPSA) is 75.6 Å². The summed E-state index contributed by atoms with van der Waals surface area (Å²) < 4.78 is 5.60. The number of carbonyl (C=O) groups is 2. The lowest BCUT2D eigenvalue weighted by atomic mass is 9.79. The van der Waals surface area contributed by atoms with Crippen LogP contribution in [0.1, 0.15) is 49.9 Å². The van der Waals surface area contributed by atoms with Crippen LogP contribution in [-0.4, -0.2) is 30.1 Å². The number of hydrogen-bond donors (Lipinski definition) is 2. The Balaban J connectivity index is 1.86. The van der Waals surface area contributed by atoms with E-state index in [4.69, 9.17) is 4.74 Å². The Morgan fingerprint density at radius 3 is 2.50 bits per heavy atom. The molecule has 1 amide bonds. The molecular formula is C19H27NO4. The maximum absolute atomic E-state index is 12.2. The van der Waals surface area contributed by atoms with Gasteiger partial charge in [-0.25, -0.2) is 0 Å². The third-order valence-electron chi connectivity index (χ3n) is 4.45. The minimum atomic E-state index is -0.749. The SMILES string of the molecule is CC(C)COc1ccc(C(=O)NC[C@@H]2CCCC[C@@H]2C(=O)O)cc1. The monoisotopic (exact) mass is 333 g/mol.